The third-order valence-corrected chi connectivity index (χ3v) is 3.49. The molecule has 2 aromatic carbocycles. The van der Waals surface area contributed by atoms with Gasteiger partial charge in [-0.3, -0.25) is 10.1 Å². The van der Waals surface area contributed by atoms with E-state index in [0.29, 0.717) is 10.2 Å². The molecule has 0 aliphatic carbocycles. The van der Waals surface area contributed by atoms with Gasteiger partial charge >= 0.3 is 0 Å². The van der Waals surface area contributed by atoms with Crippen LogP contribution in [0.3, 0.4) is 0 Å². The normalized spacial score (nSPS) is 10.2. The Balaban J connectivity index is 2.17. The minimum Gasteiger partial charge on any atom is -0.493 e. The number of benzene rings is 2. The second-order valence-electron chi connectivity index (χ2n) is 4.12. The Morgan fingerprint density at radius 2 is 2.00 bits per heavy atom. The summed E-state index contributed by atoms with van der Waals surface area (Å²) < 4.78 is 24.2. The number of non-ortho nitro benzene ring substituents is 1. The van der Waals surface area contributed by atoms with Gasteiger partial charge in [-0.15, -0.1) is 0 Å². The highest BCUT2D eigenvalue weighted by Gasteiger charge is 2.13. The molecular formula is C14H11BrFNO4. The summed E-state index contributed by atoms with van der Waals surface area (Å²) in [6.45, 7) is 0.176. The number of nitro benzene ring substituents is 1. The number of nitrogens with zero attached hydrogens (tertiary/aromatic N) is 1. The van der Waals surface area contributed by atoms with Crippen molar-refractivity contribution in [2.24, 2.45) is 0 Å². The lowest BCUT2D eigenvalue weighted by Gasteiger charge is -2.11. The first kappa shape index (κ1) is 15.2. The molecule has 0 saturated heterocycles. The number of halogens is 2. The number of methoxy groups -OCH3 is 1. The monoisotopic (exact) mass is 355 g/mol. The van der Waals surface area contributed by atoms with Gasteiger partial charge in [-0.1, -0.05) is 22.0 Å². The minimum absolute atomic E-state index is 0.0813. The van der Waals surface area contributed by atoms with Crippen LogP contribution in [0.2, 0.25) is 0 Å². The van der Waals surface area contributed by atoms with Gasteiger partial charge in [-0.25, -0.2) is 4.39 Å². The van der Waals surface area contributed by atoms with Crippen LogP contribution in [-0.4, -0.2) is 12.0 Å². The lowest BCUT2D eigenvalue weighted by Crippen LogP contribution is -1.99. The highest BCUT2D eigenvalue weighted by Crippen LogP contribution is 2.32. The Morgan fingerprint density at radius 1 is 1.24 bits per heavy atom. The number of rotatable bonds is 5. The second kappa shape index (κ2) is 6.53. The van der Waals surface area contributed by atoms with Gasteiger partial charge in [0.05, 0.1) is 18.1 Å². The quantitative estimate of drug-likeness (QED) is 0.598. The summed E-state index contributed by atoms with van der Waals surface area (Å²) in [5.74, 6) is 0.292. The zero-order valence-electron chi connectivity index (χ0n) is 11.0. The molecule has 2 rings (SSSR count). The van der Waals surface area contributed by atoms with Crippen molar-refractivity contribution < 1.29 is 18.8 Å². The van der Waals surface area contributed by atoms with Crippen LogP contribution in [0.25, 0.3) is 0 Å². The third kappa shape index (κ3) is 3.69. The molecule has 0 unspecified atom stereocenters. The largest absolute Gasteiger partial charge is 0.493 e. The molecule has 0 aromatic heterocycles. The molecule has 0 heterocycles. The fourth-order valence-corrected chi connectivity index (χ4v) is 2.15. The van der Waals surface area contributed by atoms with E-state index < -0.39 is 4.92 Å². The van der Waals surface area contributed by atoms with E-state index >= 15 is 0 Å². The van der Waals surface area contributed by atoms with Gasteiger partial charge in [0.2, 0.25) is 0 Å². The number of hydrogen-bond acceptors (Lipinski definition) is 4. The molecule has 0 fully saturated rings. The molecule has 0 bridgehead atoms. The van der Waals surface area contributed by atoms with Crippen LogP contribution < -0.4 is 9.47 Å². The van der Waals surface area contributed by atoms with E-state index in [9.17, 15) is 14.5 Å². The molecule has 0 atom stereocenters. The highest BCUT2D eigenvalue weighted by molar-refractivity contribution is 9.10. The van der Waals surface area contributed by atoms with Gasteiger partial charge in [0.15, 0.2) is 11.5 Å². The summed E-state index contributed by atoms with van der Waals surface area (Å²) in [5.41, 5.74) is 0.666. The lowest BCUT2D eigenvalue weighted by molar-refractivity contribution is -0.385. The summed E-state index contributed by atoms with van der Waals surface area (Å²) >= 11 is 3.25. The van der Waals surface area contributed by atoms with Crippen LogP contribution in [0.4, 0.5) is 10.1 Å². The van der Waals surface area contributed by atoms with Crippen molar-refractivity contribution in [3.8, 4) is 11.5 Å². The van der Waals surface area contributed by atoms with Crippen LogP contribution in [0.15, 0.2) is 40.9 Å². The van der Waals surface area contributed by atoms with Crippen LogP contribution in [0.5, 0.6) is 11.5 Å². The maximum Gasteiger partial charge on any atom is 0.273 e. The van der Waals surface area contributed by atoms with Gasteiger partial charge in [-0.05, 0) is 18.2 Å². The van der Waals surface area contributed by atoms with Crippen LogP contribution in [0.1, 0.15) is 5.56 Å². The molecule has 0 radical (unpaired) electrons. The van der Waals surface area contributed by atoms with Crippen LogP contribution >= 0.6 is 15.9 Å². The number of ether oxygens (including phenoxy) is 2. The number of hydrogen-bond donors (Lipinski definition) is 0. The first-order valence-corrected chi connectivity index (χ1v) is 6.69. The maximum absolute atomic E-state index is 13.0. The van der Waals surface area contributed by atoms with Gasteiger partial charge in [0.1, 0.15) is 12.4 Å². The molecule has 5 nitrogen and oxygen atoms in total. The average molecular weight is 356 g/mol. The molecule has 0 N–H and O–H groups in total. The van der Waals surface area contributed by atoms with Crippen molar-refractivity contribution >= 4 is 21.6 Å². The van der Waals surface area contributed by atoms with Crippen molar-refractivity contribution in [1.29, 1.82) is 0 Å². The Labute approximate surface area is 128 Å². The van der Waals surface area contributed by atoms with E-state index in [1.807, 2.05) is 0 Å². The Kier molecular flexibility index (Phi) is 4.74. The number of nitro groups is 1. The van der Waals surface area contributed by atoms with Crippen molar-refractivity contribution in [2.75, 3.05) is 7.11 Å². The standard InChI is InChI=1S/C14H11BrFNO4/c1-20-14-7-11(17(18)19)4-5-13(14)21-8-9-2-3-10(16)6-12(9)15/h2-7H,8H2,1H3. The van der Waals surface area contributed by atoms with Gasteiger partial charge < -0.3 is 9.47 Å². The van der Waals surface area contributed by atoms with Crippen molar-refractivity contribution in [3.63, 3.8) is 0 Å². The Bertz CT molecular complexity index is 678. The topological polar surface area (TPSA) is 61.6 Å². The van der Waals surface area contributed by atoms with Crippen molar-refractivity contribution in [1.82, 2.24) is 0 Å². The van der Waals surface area contributed by atoms with Crippen molar-refractivity contribution in [3.05, 3.63) is 62.4 Å². The second-order valence-corrected chi connectivity index (χ2v) is 4.97. The van der Waals surface area contributed by atoms with E-state index in [4.69, 9.17) is 9.47 Å². The summed E-state index contributed by atoms with van der Waals surface area (Å²) in [5, 5.41) is 10.7. The summed E-state index contributed by atoms with van der Waals surface area (Å²) in [6, 6.07) is 8.35. The van der Waals surface area contributed by atoms with E-state index in [-0.39, 0.29) is 23.9 Å². The maximum atomic E-state index is 13.0. The van der Waals surface area contributed by atoms with Crippen LogP contribution in [-0.2, 0) is 6.61 Å². The molecule has 2 aromatic rings. The zero-order chi connectivity index (χ0) is 15.4. The predicted molar refractivity (Wildman–Crippen MR) is 78.1 cm³/mol. The molecular weight excluding hydrogens is 345 g/mol. The average Bonchev–Trinajstić information content (AvgIpc) is 2.46. The van der Waals surface area contributed by atoms with E-state index in [1.54, 1.807) is 6.07 Å². The molecule has 0 amide bonds. The Morgan fingerprint density at radius 3 is 2.62 bits per heavy atom. The van der Waals surface area contributed by atoms with Gasteiger partial charge in [0, 0.05) is 16.1 Å². The van der Waals surface area contributed by atoms with Crippen LogP contribution in [0, 0.1) is 15.9 Å². The first-order chi connectivity index (χ1) is 10.0. The summed E-state index contributed by atoms with van der Waals surface area (Å²) in [4.78, 5) is 10.2. The predicted octanol–water partition coefficient (Wildman–Crippen LogP) is 4.08. The zero-order valence-corrected chi connectivity index (χ0v) is 12.6. The highest BCUT2D eigenvalue weighted by atomic mass is 79.9. The minimum atomic E-state index is -0.511. The molecule has 21 heavy (non-hydrogen) atoms. The Hall–Kier alpha value is -2.15. The summed E-state index contributed by atoms with van der Waals surface area (Å²) in [6.07, 6.45) is 0. The molecule has 0 spiro atoms. The SMILES string of the molecule is COc1cc([N+](=O)[O-])ccc1OCc1ccc(F)cc1Br. The smallest absolute Gasteiger partial charge is 0.273 e. The van der Waals surface area contributed by atoms with Gasteiger partial charge in [-0.2, -0.15) is 0 Å². The lowest BCUT2D eigenvalue weighted by atomic mass is 10.2. The fraction of sp³-hybridized carbons (Fsp3) is 0.143. The van der Waals surface area contributed by atoms with Gasteiger partial charge in [0.25, 0.3) is 5.69 Å². The molecule has 7 heteroatoms. The summed E-state index contributed by atoms with van der Waals surface area (Å²) in [7, 11) is 1.40. The van der Waals surface area contributed by atoms with E-state index in [2.05, 4.69) is 15.9 Å². The fourth-order valence-electron chi connectivity index (χ4n) is 1.68. The molecule has 0 saturated carbocycles. The molecule has 110 valence electrons. The first-order valence-electron chi connectivity index (χ1n) is 5.90. The third-order valence-electron chi connectivity index (χ3n) is 2.76. The van der Waals surface area contributed by atoms with E-state index in [0.717, 1.165) is 5.56 Å². The molecule has 0 aliphatic rings. The van der Waals surface area contributed by atoms with Crippen molar-refractivity contribution in [2.45, 2.75) is 6.61 Å². The molecule has 0 aliphatic heterocycles. The van der Waals surface area contributed by atoms with E-state index in [1.165, 1.54) is 37.4 Å².